The van der Waals surface area contributed by atoms with Gasteiger partial charge >= 0.3 is 0 Å². The first-order chi connectivity index (χ1) is 13.9. The fraction of sp³-hybridized carbons (Fsp3) is 0.381. The molecule has 3 aromatic rings. The molecule has 0 atom stereocenters. The fourth-order valence-electron chi connectivity index (χ4n) is 3.86. The van der Waals surface area contributed by atoms with Crippen LogP contribution in [0.15, 0.2) is 53.9 Å². The lowest BCUT2D eigenvalue weighted by Crippen LogP contribution is -2.33. The Hall–Kier alpha value is -2.58. The number of aromatic nitrogens is 4. The van der Waals surface area contributed by atoms with E-state index in [0.29, 0.717) is 11.5 Å². The molecule has 1 saturated heterocycles. The number of nitrogens with zero attached hydrogens (tertiary/aromatic N) is 5. The summed E-state index contributed by atoms with van der Waals surface area (Å²) in [6.07, 6.45) is 9.87. The van der Waals surface area contributed by atoms with Gasteiger partial charge in [-0.15, -0.1) is 0 Å². The van der Waals surface area contributed by atoms with E-state index in [-0.39, 0.29) is 10.8 Å². The van der Waals surface area contributed by atoms with Gasteiger partial charge in [0.25, 0.3) is 0 Å². The minimum atomic E-state index is -3.40. The molecule has 3 aromatic heterocycles. The third kappa shape index (κ3) is 4.38. The van der Waals surface area contributed by atoms with Crippen LogP contribution >= 0.6 is 0 Å². The van der Waals surface area contributed by atoms with Crippen molar-refractivity contribution in [2.45, 2.75) is 30.2 Å². The summed E-state index contributed by atoms with van der Waals surface area (Å²) >= 11 is 0. The summed E-state index contributed by atoms with van der Waals surface area (Å²) in [5.74, 6) is 0.647. The maximum absolute atomic E-state index is 12.4. The van der Waals surface area contributed by atoms with Gasteiger partial charge in [-0.25, -0.2) is 18.4 Å². The first-order valence-electron chi connectivity index (χ1n) is 9.72. The van der Waals surface area contributed by atoms with Crippen molar-refractivity contribution < 1.29 is 8.42 Å². The average molecular weight is 412 g/mol. The molecule has 1 aliphatic heterocycles. The quantitative estimate of drug-likeness (QED) is 0.642. The first kappa shape index (κ1) is 19.7. The normalized spacial score (nSPS) is 16.2. The Morgan fingerprint density at radius 2 is 1.86 bits per heavy atom. The molecule has 152 valence electrons. The third-order valence-electron chi connectivity index (χ3n) is 5.53. The smallest absolute Gasteiger partial charge is 0.178 e. The van der Waals surface area contributed by atoms with Crippen LogP contribution in [0.5, 0.6) is 0 Å². The number of aryl methyl sites for hydroxylation is 1. The third-order valence-corrected chi connectivity index (χ3v) is 6.65. The summed E-state index contributed by atoms with van der Waals surface area (Å²) < 4.78 is 26.8. The summed E-state index contributed by atoms with van der Waals surface area (Å²) in [7, 11) is -1.34. The van der Waals surface area contributed by atoms with E-state index in [4.69, 9.17) is 4.98 Å². The Kier molecular flexibility index (Phi) is 5.47. The van der Waals surface area contributed by atoms with Crippen LogP contribution in [0.3, 0.4) is 0 Å². The predicted molar refractivity (Wildman–Crippen MR) is 111 cm³/mol. The van der Waals surface area contributed by atoms with E-state index < -0.39 is 9.84 Å². The zero-order valence-corrected chi connectivity index (χ0v) is 17.5. The molecule has 1 aliphatic rings. The van der Waals surface area contributed by atoms with Crippen LogP contribution in [0.25, 0.3) is 11.4 Å². The molecule has 0 amide bonds. The predicted octanol–water partition coefficient (Wildman–Crippen LogP) is 2.66. The zero-order chi connectivity index (χ0) is 20.4. The number of likely N-dealkylation sites (tertiary alicyclic amines) is 1. The standard InChI is InChI=1S/C21H25N5O2S/c1-25-11-3-4-18(25)15-26-12-7-16(8-13-26)20-19(29(2,27)28)14-23-21(24-20)17-5-9-22-10-6-17/h3-6,9-11,14,16H,7-8,12-13,15H2,1-2H3. The molecule has 1 fully saturated rings. The Labute approximate surface area is 171 Å². The van der Waals surface area contributed by atoms with Crippen LogP contribution in [0, 0.1) is 0 Å². The van der Waals surface area contributed by atoms with Crippen LogP contribution in [0.1, 0.15) is 30.1 Å². The van der Waals surface area contributed by atoms with Gasteiger partial charge in [0.15, 0.2) is 15.7 Å². The van der Waals surface area contributed by atoms with Crippen LogP contribution in [0.2, 0.25) is 0 Å². The summed E-state index contributed by atoms with van der Waals surface area (Å²) in [6, 6.07) is 7.87. The van der Waals surface area contributed by atoms with Crippen molar-refractivity contribution in [3.63, 3.8) is 0 Å². The van der Waals surface area contributed by atoms with Gasteiger partial charge in [-0.3, -0.25) is 9.88 Å². The molecule has 0 unspecified atom stereocenters. The van der Waals surface area contributed by atoms with Crippen LogP contribution in [-0.2, 0) is 23.4 Å². The van der Waals surface area contributed by atoms with E-state index in [1.807, 2.05) is 12.1 Å². The van der Waals surface area contributed by atoms with Gasteiger partial charge in [0.1, 0.15) is 4.90 Å². The molecule has 29 heavy (non-hydrogen) atoms. The Bertz CT molecular complexity index is 1090. The number of sulfone groups is 1. The van der Waals surface area contributed by atoms with Crippen molar-refractivity contribution in [1.82, 2.24) is 24.4 Å². The van der Waals surface area contributed by atoms with Gasteiger partial charge in [-0.2, -0.15) is 0 Å². The molecule has 0 N–H and O–H groups in total. The van der Waals surface area contributed by atoms with Gasteiger partial charge in [-0.05, 0) is 50.2 Å². The van der Waals surface area contributed by atoms with Crippen LogP contribution < -0.4 is 0 Å². The molecular formula is C21H25N5O2S. The van der Waals surface area contributed by atoms with E-state index in [2.05, 4.69) is 44.8 Å². The summed E-state index contributed by atoms with van der Waals surface area (Å²) in [6.45, 7) is 2.72. The Morgan fingerprint density at radius 3 is 2.48 bits per heavy atom. The highest BCUT2D eigenvalue weighted by atomic mass is 32.2. The van der Waals surface area contributed by atoms with Crippen molar-refractivity contribution >= 4 is 9.84 Å². The summed E-state index contributed by atoms with van der Waals surface area (Å²) in [5, 5.41) is 0. The molecule has 0 aromatic carbocycles. The van der Waals surface area contributed by atoms with Gasteiger partial charge in [0.05, 0.1) is 5.69 Å². The lowest BCUT2D eigenvalue weighted by molar-refractivity contribution is 0.198. The molecular weight excluding hydrogens is 386 g/mol. The lowest BCUT2D eigenvalue weighted by atomic mass is 9.93. The molecule has 0 radical (unpaired) electrons. The summed E-state index contributed by atoms with van der Waals surface area (Å²) in [4.78, 5) is 15.7. The molecule has 0 aliphatic carbocycles. The second kappa shape index (κ2) is 8.04. The molecule has 0 spiro atoms. The Morgan fingerprint density at radius 1 is 1.14 bits per heavy atom. The maximum Gasteiger partial charge on any atom is 0.178 e. The first-order valence-corrected chi connectivity index (χ1v) is 11.6. The number of pyridine rings is 1. The monoisotopic (exact) mass is 411 g/mol. The van der Waals surface area contributed by atoms with Crippen molar-refractivity contribution in [1.29, 1.82) is 0 Å². The SMILES string of the molecule is Cn1cccc1CN1CCC(c2nc(-c3ccncc3)ncc2S(C)(=O)=O)CC1. The number of piperidine rings is 1. The van der Waals surface area contributed by atoms with Gasteiger partial charge in [0.2, 0.25) is 0 Å². The topological polar surface area (TPSA) is 81.0 Å². The largest absolute Gasteiger partial charge is 0.353 e. The summed E-state index contributed by atoms with van der Waals surface area (Å²) in [5.41, 5.74) is 2.76. The average Bonchev–Trinajstić information content (AvgIpc) is 3.12. The lowest BCUT2D eigenvalue weighted by Gasteiger charge is -2.32. The molecule has 8 heteroatoms. The van der Waals surface area contributed by atoms with Crippen molar-refractivity contribution in [3.8, 4) is 11.4 Å². The zero-order valence-electron chi connectivity index (χ0n) is 16.7. The highest BCUT2D eigenvalue weighted by molar-refractivity contribution is 7.90. The molecule has 4 heterocycles. The minimum absolute atomic E-state index is 0.105. The molecule has 4 rings (SSSR count). The minimum Gasteiger partial charge on any atom is -0.353 e. The van der Waals surface area contributed by atoms with E-state index in [1.165, 1.54) is 18.1 Å². The number of hydrogen-bond acceptors (Lipinski definition) is 6. The fourth-order valence-corrected chi connectivity index (χ4v) is 4.69. The number of rotatable bonds is 5. The van der Waals surface area contributed by atoms with Crippen molar-refractivity contribution in [3.05, 3.63) is 60.4 Å². The molecule has 0 saturated carbocycles. The maximum atomic E-state index is 12.4. The Balaban J connectivity index is 1.58. The molecule has 0 bridgehead atoms. The van der Waals surface area contributed by atoms with Crippen LogP contribution in [0.4, 0.5) is 0 Å². The van der Waals surface area contributed by atoms with E-state index in [0.717, 1.165) is 38.0 Å². The highest BCUT2D eigenvalue weighted by Crippen LogP contribution is 2.32. The van der Waals surface area contributed by atoms with Gasteiger partial charge in [0, 0.05) is 61.8 Å². The molecule has 7 nitrogen and oxygen atoms in total. The van der Waals surface area contributed by atoms with Gasteiger partial charge < -0.3 is 4.57 Å². The van der Waals surface area contributed by atoms with Crippen molar-refractivity contribution in [2.24, 2.45) is 7.05 Å². The van der Waals surface area contributed by atoms with E-state index >= 15 is 0 Å². The van der Waals surface area contributed by atoms with Gasteiger partial charge in [-0.1, -0.05) is 0 Å². The van der Waals surface area contributed by atoms with E-state index in [1.54, 1.807) is 12.4 Å². The van der Waals surface area contributed by atoms with Crippen LogP contribution in [-0.4, -0.2) is 52.2 Å². The highest BCUT2D eigenvalue weighted by Gasteiger charge is 2.28. The van der Waals surface area contributed by atoms with Crippen molar-refractivity contribution in [2.75, 3.05) is 19.3 Å². The second-order valence-electron chi connectivity index (χ2n) is 7.61. The number of hydrogen-bond donors (Lipinski definition) is 0. The van der Waals surface area contributed by atoms with E-state index in [9.17, 15) is 8.42 Å². The second-order valence-corrected chi connectivity index (χ2v) is 9.60.